The van der Waals surface area contributed by atoms with Crippen molar-refractivity contribution >= 4 is 39.1 Å². The van der Waals surface area contributed by atoms with E-state index in [0.29, 0.717) is 16.9 Å². The summed E-state index contributed by atoms with van der Waals surface area (Å²) in [5.41, 5.74) is 0.899. The zero-order valence-electron chi connectivity index (χ0n) is 7.31. The van der Waals surface area contributed by atoms with Gasteiger partial charge in [0.1, 0.15) is 11.0 Å². The standard InChI is InChI=1S/C8H9BrCl2N2/c1-4(2)7-6(9)8(11)13-5(3-10)12-7/h4H,3H2,1-2H3. The Balaban J connectivity index is 3.25. The van der Waals surface area contributed by atoms with Crippen molar-refractivity contribution in [3.63, 3.8) is 0 Å². The number of aromatic nitrogens is 2. The van der Waals surface area contributed by atoms with Crippen molar-refractivity contribution in [2.45, 2.75) is 25.6 Å². The first-order chi connectivity index (χ1) is 6.06. The first-order valence-electron chi connectivity index (χ1n) is 3.84. The van der Waals surface area contributed by atoms with Gasteiger partial charge in [-0.05, 0) is 21.8 Å². The Morgan fingerprint density at radius 2 is 2.00 bits per heavy atom. The molecule has 0 aromatic carbocycles. The average molecular weight is 284 g/mol. The first kappa shape index (κ1) is 11.2. The molecule has 0 bridgehead atoms. The van der Waals surface area contributed by atoms with Gasteiger partial charge in [0.2, 0.25) is 0 Å². The third kappa shape index (κ3) is 2.55. The predicted octanol–water partition coefficient (Wildman–Crippen LogP) is 3.75. The maximum Gasteiger partial charge on any atom is 0.147 e. The summed E-state index contributed by atoms with van der Waals surface area (Å²) in [7, 11) is 0. The van der Waals surface area contributed by atoms with Crippen LogP contribution < -0.4 is 0 Å². The smallest absolute Gasteiger partial charge is 0.147 e. The number of rotatable bonds is 2. The molecule has 1 aromatic heterocycles. The SMILES string of the molecule is CC(C)c1nc(CCl)nc(Cl)c1Br. The molecule has 0 atom stereocenters. The van der Waals surface area contributed by atoms with Crippen LogP contribution in [0.3, 0.4) is 0 Å². The van der Waals surface area contributed by atoms with E-state index in [9.17, 15) is 0 Å². The summed E-state index contributed by atoms with van der Waals surface area (Å²) >= 11 is 14.9. The zero-order chi connectivity index (χ0) is 10.0. The van der Waals surface area contributed by atoms with E-state index in [1.165, 1.54) is 0 Å². The molecule has 0 radical (unpaired) electrons. The third-order valence-corrected chi connectivity index (χ3v) is 3.07. The van der Waals surface area contributed by atoms with E-state index in [2.05, 4.69) is 25.9 Å². The molecule has 0 saturated heterocycles. The highest BCUT2D eigenvalue weighted by Gasteiger charge is 2.12. The van der Waals surface area contributed by atoms with Gasteiger partial charge < -0.3 is 0 Å². The van der Waals surface area contributed by atoms with Crippen molar-refractivity contribution < 1.29 is 0 Å². The molecular formula is C8H9BrCl2N2. The average Bonchev–Trinajstić information content (AvgIpc) is 2.09. The fraction of sp³-hybridized carbons (Fsp3) is 0.500. The molecule has 1 aromatic rings. The van der Waals surface area contributed by atoms with E-state index in [1.54, 1.807) is 0 Å². The summed E-state index contributed by atoms with van der Waals surface area (Å²) in [6.07, 6.45) is 0. The lowest BCUT2D eigenvalue weighted by atomic mass is 10.1. The van der Waals surface area contributed by atoms with Crippen LogP contribution in [0.4, 0.5) is 0 Å². The number of alkyl halides is 1. The highest BCUT2D eigenvalue weighted by Crippen LogP contribution is 2.28. The molecule has 2 nitrogen and oxygen atoms in total. The molecule has 0 saturated carbocycles. The summed E-state index contributed by atoms with van der Waals surface area (Å²) in [4.78, 5) is 8.29. The van der Waals surface area contributed by atoms with E-state index in [1.807, 2.05) is 13.8 Å². The van der Waals surface area contributed by atoms with E-state index in [0.717, 1.165) is 10.2 Å². The molecule has 0 fully saturated rings. The molecular weight excluding hydrogens is 275 g/mol. The van der Waals surface area contributed by atoms with Crippen molar-refractivity contribution in [3.05, 3.63) is 21.1 Å². The lowest BCUT2D eigenvalue weighted by Crippen LogP contribution is -2.01. The molecule has 0 aliphatic heterocycles. The molecule has 0 amide bonds. The van der Waals surface area contributed by atoms with Crippen LogP contribution in [0.15, 0.2) is 4.47 Å². The largest absolute Gasteiger partial charge is 0.235 e. The van der Waals surface area contributed by atoms with Crippen molar-refractivity contribution in [2.24, 2.45) is 0 Å². The topological polar surface area (TPSA) is 25.8 Å². The summed E-state index contributed by atoms with van der Waals surface area (Å²) in [5, 5.41) is 0.425. The van der Waals surface area contributed by atoms with E-state index in [-0.39, 0.29) is 5.88 Å². The molecule has 13 heavy (non-hydrogen) atoms. The third-order valence-electron chi connectivity index (χ3n) is 1.55. The van der Waals surface area contributed by atoms with E-state index >= 15 is 0 Å². The van der Waals surface area contributed by atoms with Crippen molar-refractivity contribution in [1.82, 2.24) is 9.97 Å². The van der Waals surface area contributed by atoms with E-state index < -0.39 is 0 Å². The number of hydrogen-bond acceptors (Lipinski definition) is 2. The lowest BCUT2D eigenvalue weighted by molar-refractivity contribution is 0.791. The van der Waals surface area contributed by atoms with Crippen LogP contribution >= 0.6 is 39.1 Å². The van der Waals surface area contributed by atoms with Gasteiger partial charge in [0.05, 0.1) is 16.0 Å². The fourth-order valence-corrected chi connectivity index (χ4v) is 1.87. The van der Waals surface area contributed by atoms with Gasteiger partial charge in [0, 0.05) is 0 Å². The molecule has 72 valence electrons. The summed E-state index contributed by atoms with van der Waals surface area (Å²) in [6, 6.07) is 0. The second-order valence-corrected chi connectivity index (χ2v) is 4.34. The second kappa shape index (κ2) is 4.58. The van der Waals surface area contributed by atoms with Crippen LogP contribution in [-0.4, -0.2) is 9.97 Å². The van der Waals surface area contributed by atoms with Gasteiger partial charge in [0.15, 0.2) is 0 Å². The van der Waals surface area contributed by atoms with Gasteiger partial charge in [-0.15, -0.1) is 11.6 Å². The zero-order valence-corrected chi connectivity index (χ0v) is 10.4. The first-order valence-corrected chi connectivity index (χ1v) is 5.54. The summed E-state index contributed by atoms with van der Waals surface area (Å²) in [6.45, 7) is 4.09. The number of nitrogens with zero attached hydrogens (tertiary/aromatic N) is 2. The minimum Gasteiger partial charge on any atom is -0.235 e. The Hall–Kier alpha value is 0.140. The maximum atomic E-state index is 5.89. The highest BCUT2D eigenvalue weighted by atomic mass is 79.9. The second-order valence-electron chi connectivity index (χ2n) is 2.92. The molecule has 0 unspecified atom stereocenters. The van der Waals surface area contributed by atoms with Gasteiger partial charge in [-0.25, -0.2) is 9.97 Å². The van der Waals surface area contributed by atoms with E-state index in [4.69, 9.17) is 23.2 Å². The van der Waals surface area contributed by atoms with Crippen molar-refractivity contribution in [1.29, 1.82) is 0 Å². The Morgan fingerprint density at radius 3 is 2.46 bits per heavy atom. The van der Waals surface area contributed by atoms with Gasteiger partial charge >= 0.3 is 0 Å². The predicted molar refractivity (Wildman–Crippen MR) is 58.4 cm³/mol. The molecule has 0 aliphatic carbocycles. The van der Waals surface area contributed by atoms with Gasteiger partial charge in [0.25, 0.3) is 0 Å². The van der Waals surface area contributed by atoms with Crippen LogP contribution in [0.25, 0.3) is 0 Å². The maximum absolute atomic E-state index is 5.89. The summed E-state index contributed by atoms with van der Waals surface area (Å²) < 4.78 is 0.762. The molecule has 5 heteroatoms. The van der Waals surface area contributed by atoms with Gasteiger partial charge in [-0.1, -0.05) is 25.4 Å². The Morgan fingerprint density at radius 1 is 1.38 bits per heavy atom. The number of hydrogen-bond donors (Lipinski definition) is 0. The minimum absolute atomic E-state index is 0.284. The summed E-state index contributed by atoms with van der Waals surface area (Å²) in [5.74, 6) is 1.16. The van der Waals surface area contributed by atoms with Crippen molar-refractivity contribution in [2.75, 3.05) is 0 Å². The van der Waals surface area contributed by atoms with Crippen LogP contribution in [-0.2, 0) is 5.88 Å². The monoisotopic (exact) mass is 282 g/mol. The normalized spacial score (nSPS) is 10.9. The van der Waals surface area contributed by atoms with Crippen LogP contribution in [0.2, 0.25) is 5.15 Å². The molecule has 1 heterocycles. The highest BCUT2D eigenvalue weighted by molar-refractivity contribution is 9.10. The number of halogens is 3. The Labute approximate surface area is 95.8 Å². The van der Waals surface area contributed by atoms with Crippen LogP contribution in [0.5, 0.6) is 0 Å². The van der Waals surface area contributed by atoms with Gasteiger partial charge in [-0.2, -0.15) is 0 Å². The Bertz CT molecular complexity index is 315. The van der Waals surface area contributed by atoms with Crippen LogP contribution in [0.1, 0.15) is 31.3 Å². The minimum atomic E-state index is 0.284. The molecule has 0 N–H and O–H groups in total. The van der Waals surface area contributed by atoms with Crippen LogP contribution in [0, 0.1) is 0 Å². The molecule has 0 aliphatic rings. The quantitative estimate of drug-likeness (QED) is 0.610. The van der Waals surface area contributed by atoms with Crippen molar-refractivity contribution in [3.8, 4) is 0 Å². The lowest BCUT2D eigenvalue weighted by Gasteiger charge is -2.09. The molecule has 1 rings (SSSR count). The van der Waals surface area contributed by atoms with Gasteiger partial charge in [-0.3, -0.25) is 0 Å². The fourth-order valence-electron chi connectivity index (χ4n) is 0.923. The molecule has 0 spiro atoms. The Kier molecular flexibility index (Phi) is 3.95.